The molecule has 1 aliphatic heterocycles. The molecule has 1 amide bonds. The molecular formula is C19H20N4O. The van der Waals surface area contributed by atoms with Gasteiger partial charge in [-0.1, -0.05) is 18.2 Å². The van der Waals surface area contributed by atoms with Crippen LogP contribution < -0.4 is 10.6 Å². The summed E-state index contributed by atoms with van der Waals surface area (Å²) in [5, 5.41) is 1.33. The zero-order valence-electron chi connectivity index (χ0n) is 13.4. The van der Waals surface area contributed by atoms with Crippen LogP contribution in [-0.4, -0.2) is 29.0 Å². The van der Waals surface area contributed by atoms with E-state index in [4.69, 9.17) is 5.73 Å². The van der Waals surface area contributed by atoms with Crippen LogP contribution in [0.4, 0.5) is 5.69 Å². The van der Waals surface area contributed by atoms with Gasteiger partial charge in [-0.25, -0.2) is 0 Å². The van der Waals surface area contributed by atoms with Gasteiger partial charge in [0.05, 0.1) is 0 Å². The standard InChI is InChI=1S/C19H20N4O/c20-19(24)18-11-14(5-8-21-18)23-9-6-13(7-10-23)16-12-22-17-4-2-1-3-15(16)17/h1-5,8,11-13,22H,6-7,9-10H2,(H2,20,24). The molecule has 0 bridgehead atoms. The molecule has 0 aliphatic carbocycles. The number of para-hydroxylation sites is 1. The summed E-state index contributed by atoms with van der Waals surface area (Å²) >= 11 is 0. The number of anilines is 1. The summed E-state index contributed by atoms with van der Waals surface area (Å²) in [4.78, 5) is 21.0. The molecule has 1 aromatic carbocycles. The molecule has 0 spiro atoms. The Morgan fingerprint density at radius 3 is 2.79 bits per heavy atom. The highest BCUT2D eigenvalue weighted by Gasteiger charge is 2.23. The first kappa shape index (κ1) is 14.8. The number of piperidine rings is 1. The summed E-state index contributed by atoms with van der Waals surface area (Å²) in [5.74, 6) is 0.0837. The summed E-state index contributed by atoms with van der Waals surface area (Å²) in [6.45, 7) is 1.93. The number of hydrogen-bond donors (Lipinski definition) is 2. The summed E-state index contributed by atoms with van der Waals surface area (Å²) in [7, 11) is 0. The third-order valence-corrected chi connectivity index (χ3v) is 4.92. The highest BCUT2D eigenvalue weighted by atomic mass is 16.1. The number of fused-ring (bicyclic) bond motifs is 1. The molecule has 5 nitrogen and oxygen atoms in total. The molecule has 1 aliphatic rings. The van der Waals surface area contributed by atoms with Crippen molar-refractivity contribution >= 4 is 22.5 Å². The number of aromatic nitrogens is 2. The maximum absolute atomic E-state index is 11.3. The molecule has 0 unspecified atom stereocenters. The normalized spacial score (nSPS) is 15.8. The van der Waals surface area contributed by atoms with Crippen LogP contribution in [-0.2, 0) is 0 Å². The van der Waals surface area contributed by atoms with Crippen molar-refractivity contribution in [2.75, 3.05) is 18.0 Å². The number of carbonyl (C=O) groups excluding carboxylic acids is 1. The van der Waals surface area contributed by atoms with Crippen molar-refractivity contribution in [3.8, 4) is 0 Å². The lowest BCUT2D eigenvalue weighted by Crippen LogP contribution is -2.33. The van der Waals surface area contributed by atoms with Gasteiger partial charge in [0.1, 0.15) is 5.69 Å². The maximum atomic E-state index is 11.3. The van der Waals surface area contributed by atoms with Crippen molar-refractivity contribution in [2.24, 2.45) is 5.73 Å². The van der Waals surface area contributed by atoms with Gasteiger partial charge in [0.15, 0.2) is 0 Å². The molecule has 1 saturated heterocycles. The fourth-order valence-electron chi connectivity index (χ4n) is 3.63. The van der Waals surface area contributed by atoms with Crippen molar-refractivity contribution in [1.29, 1.82) is 0 Å². The van der Waals surface area contributed by atoms with Crippen molar-refractivity contribution in [1.82, 2.24) is 9.97 Å². The highest BCUT2D eigenvalue weighted by molar-refractivity contribution is 5.91. The quantitative estimate of drug-likeness (QED) is 0.779. The number of benzene rings is 1. The average Bonchev–Trinajstić information content (AvgIpc) is 3.06. The number of nitrogens with two attached hydrogens (primary N) is 1. The smallest absolute Gasteiger partial charge is 0.267 e. The summed E-state index contributed by atoms with van der Waals surface area (Å²) < 4.78 is 0. The second kappa shape index (κ2) is 6.00. The van der Waals surface area contributed by atoms with E-state index in [2.05, 4.69) is 45.3 Å². The predicted molar refractivity (Wildman–Crippen MR) is 95.2 cm³/mol. The van der Waals surface area contributed by atoms with Gasteiger partial charge in [0.25, 0.3) is 5.91 Å². The molecule has 0 radical (unpaired) electrons. The molecule has 0 saturated carbocycles. The van der Waals surface area contributed by atoms with Crippen molar-refractivity contribution in [3.63, 3.8) is 0 Å². The second-order valence-electron chi connectivity index (χ2n) is 6.31. The third-order valence-electron chi connectivity index (χ3n) is 4.92. The first-order valence-electron chi connectivity index (χ1n) is 8.29. The lowest BCUT2D eigenvalue weighted by Gasteiger charge is -2.33. The van der Waals surface area contributed by atoms with E-state index < -0.39 is 5.91 Å². The minimum Gasteiger partial charge on any atom is -0.371 e. The van der Waals surface area contributed by atoms with Crippen LogP contribution in [0.2, 0.25) is 0 Å². The molecule has 4 rings (SSSR count). The van der Waals surface area contributed by atoms with Gasteiger partial charge in [-0.2, -0.15) is 0 Å². The number of nitrogens with one attached hydrogen (secondary N) is 1. The van der Waals surface area contributed by atoms with E-state index >= 15 is 0 Å². The molecule has 5 heteroatoms. The number of H-pyrrole nitrogens is 1. The van der Waals surface area contributed by atoms with E-state index in [9.17, 15) is 4.79 Å². The minimum absolute atomic E-state index is 0.325. The van der Waals surface area contributed by atoms with Gasteiger partial charge in [0.2, 0.25) is 0 Å². The number of amides is 1. The number of aromatic amines is 1. The Hall–Kier alpha value is -2.82. The fraction of sp³-hybridized carbons (Fsp3) is 0.263. The van der Waals surface area contributed by atoms with Crippen LogP contribution in [0.3, 0.4) is 0 Å². The molecule has 1 fully saturated rings. The number of hydrogen-bond acceptors (Lipinski definition) is 3. The van der Waals surface area contributed by atoms with Gasteiger partial charge in [0, 0.05) is 42.1 Å². The minimum atomic E-state index is -0.481. The number of nitrogens with zero attached hydrogens (tertiary/aromatic N) is 2. The van der Waals surface area contributed by atoms with Crippen molar-refractivity contribution in [2.45, 2.75) is 18.8 Å². The lowest BCUT2D eigenvalue weighted by atomic mass is 9.89. The summed E-state index contributed by atoms with van der Waals surface area (Å²) in [6.07, 6.45) is 6.00. The van der Waals surface area contributed by atoms with E-state index in [1.165, 1.54) is 16.5 Å². The topological polar surface area (TPSA) is 75.0 Å². The average molecular weight is 320 g/mol. The summed E-state index contributed by atoms with van der Waals surface area (Å²) in [6, 6.07) is 12.2. The predicted octanol–water partition coefficient (Wildman–Crippen LogP) is 3.05. The van der Waals surface area contributed by atoms with Crippen LogP contribution in [0.5, 0.6) is 0 Å². The van der Waals surface area contributed by atoms with Crippen LogP contribution >= 0.6 is 0 Å². The zero-order chi connectivity index (χ0) is 16.5. The number of pyridine rings is 1. The maximum Gasteiger partial charge on any atom is 0.267 e. The molecule has 24 heavy (non-hydrogen) atoms. The van der Waals surface area contributed by atoms with Gasteiger partial charge in [-0.05, 0) is 42.5 Å². The number of rotatable bonds is 3. The van der Waals surface area contributed by atoms with Gasteiger partial charge >= 0.3 is 0 Å². The molecule has 3 heterocycles. The Balaban J connectivity index is 1.51. The second-order valence-corrected chi connectivity index (χ2v) is 6.31. The van der Waals surface area contributed by atoms with E-state index in [1.807, 2.05) is 6.07 Å². The van der Waals surface area contributed by atoms with Crippen LogP contribution in [0.25, 0.3) is 10.9 Å². The Morgan fingerprint density at radius 2 is 2.00 bits per heavy atom. The van der Waals surface area contributed by atoms with Crippen LogP contribution in [0.1, 0.15) is 34.8 Å². The molecule has 122 valence electrons. The molecule has 3 N–H and O–H groups in total. The molecule has 0 atom stereocenters. The number of carbonyl (C=O) groups is 1. The van der Waals surface area contributed by atoms with Gasteiger partial charge in [-0.15, -0.1) is 0 Å². The lowest BCUT2D eigenvalue weighted by molar-refractivity contribution is 0.0995. The Kier molecular flexibility index (Phi) is 3.69. The molecule has 2 aromatic heterocycles. The van der Waals surface area contributed by atoms with Crippen molar-refractivity contribution in [3.05, 3.63) is 60.0 Å². The van der Waals surface area contributed by atoms with Gasteiger partial charge in [-0.3, -0.25) is 9.78 Å². The fourth-order valence-corrected chi connectivity index (χ4v) is 3.63. The third kappa shape index (κ3) is 2.62. The van der Waals surface area contributed by atoms with Crippen molar-refractivity contribution < 1.29 is 4.79 Å². The van der Waals surface area contributed by atoms with E-state index in [1.54, 1.807) is 12.3 Å². The molecular weight excluding hydrogens is 300 g/mol. The Bertz CT molecular complexity index is 878. The SMILES string of the molecule is NC(=O)c1cc(N2CCC(c3c[nH]c4ccccc34)CC2)ccn1. The highest BCUT2D eigenvalue weighted by Crippen LogP contribution is 2.34. The van der Waals surface area contributed by atoms with E-state index in [0.717, 1.165) is 31.6 Å². The van der Waals surface area contributed by atoms with Gasteiger partial charge < -0.3 is 15.6 Å². The summed E-state index contributed by atoms with van der Waals surface area (Å²) in [5.41, 5.74) is 9.30. The Labute approximate surface area is 140 Å². The monoisotopic (exact) mass is 320 g/mol. The van der Waals surface area contributed by atoms with Crippen LogP contribution in [0, 0.1) is 0 Å². The van der Waals surface area contributed by atoms with E-state index in [-0.39, 0.29) is 0 Å². The largest absolute Gasteiger partial charge is 0.371 e. The first-order chi connectivity index (χ1) is 11.7. The van der Waals surface area contributed by atoms with Crippen LogP contribution in [0.15, 0.2) is 48.8 Å². The number of primary amides is 1. The first-order valence-corrected chi connectivity index (χ1v) is 8.29. The zero-order valence-corrected chi connectivity index (χ0v) is 13.4. The molecule has 3 aromatic rings. The van der Waals surface area contributed by atoms with E-state index in [0.29, 0.717) is 11.6 Å². The Morgan fingerprint density at radius 1 is 1.21 bits per heavy atom.